The molecule has 3 heterocycles. The minimum atomic E-state index is -0.350. The van der Waals surface area contributed by atoms with Crippen molar-refractivity contribution in [3.8, 4) is 11.5 Å². The van der Waals surface area contributed by atoms with E-state index in [9.17, 15) is 4.79 Å². The quantitative estimate of drug-likeness (QED) is 0.739. The minimum absolute atomic E-state index is 0.144. The second kappa shape index (κ2) is 7.31. The molecule has 0 aliphatic rings. The second-order valence-corrected chi connectivity index (χ2v) is 6.65. The Morgan fingerprint density at radius 3 is 2.88 bits per heavy atom. The summed E-state index contributed by atoms with van der Waals surface area (Å²) in [6.45, 7) is 4.15. The van der Waals surface area contributed by atoms with Crippen LogP contribution in [0.1, 0.15) is 41.9 Å². The van der Waals surface area contributed by atoms with Gasteiger partial charge in [-0.15, -0.1) is 16.4 Å². The summed E-state index contributed by atoms with van der Waals surface area (Å²) in [5.41, 5.74) is 0.528. The summed E-state index contributed by atoms with van der Waals surface area (Å²) < 4.78 is 5.36. The number of nitrogens with one attached hydrogen (secondary N) is 1. The van der Waals surface area contributed by atoms with Gasteiger partial charge in [0.1, 0.15) is 11.7 Å². The SMILES string of the molecule is CC(C)C[C@@H](NC(=O)c1cccs1)c1nc(-c2cccnn2)no1. The average Bonchev–Trinajstić information content (AvgIpc) is 3.26. The third-order valence-corrected chi connectivity index (χ3v) is 4.17. The van der Waals surface area contributed by atoms with Crippen LogP contribution in [0.4, 0.5) is 0 Å². The maximum absolute atomic E-state index is 12.3. The van der Waals surface area contributed by atoms with Crippen LogP contribution in [0.2, 0.25) is 0 Å². The Bertz CT molecular complexity index is 786. The van der Waals surface area contributed by atoms with Gasteiger partial charge in [-0.25, -0.2) is 0 Å². The lowest BCUT2D eigenvalue weighted by molar-refractivity contribution is 0.0926. The molecule has 1 N–H and O–H groups in total. The summed E-state index contributed by atoms with van der Waals surface area (Å²) in [6.07, 6.45) is 2.27. The van der Waals surface area contributed by atoms with Gasteiger partial charge in [0, 0.05) is 6.20 Å². The largest absolute Gasteiger partial charge is 0.340 e. The summed E-state index contributed by atoms with van der Waals surface area (Å²) in [6, 6.07) is 6.78. The van der Waals surface area contributed by atoms with Crippen molar-refractivity contribution in [3.63, 3.8) is 0 Å². The Morgan fingerprint density at radius 1 is 1.33 bits per heavy atom. The number of rotatable bonds is 6. The maximum Gasteiger partial charge on any atom is 0.261 e. The van der Waals surface area contributed by atoms with Gasteiger partial charge in [0.05, 0.1) is 4.88 Å². The molecule has 3 aromatic rings. The first-order valence-corrected chi connectivity index (χ1v) is 8.47. The Labute approximate surface area is 143 Å². The summed E-state index contributed by atoms with van der Waals surface area (Å²) in [7, 11) is 0. The molecule has 0 radical (unpaired) electrons. The number of aromatic nitrogens is 4. The van der Waals surface area contributed by atoms with E-state index in [1.165, 1.54) is 11.3 Å². The van der Waals surface area contributed by atoms with Crippen molar-refractivity contribution in [2.45, 2.75) is 26.3 Å². The fraction of sp³-hybridized carbons (Fsp3) is 0.312. The lowest BCUT2D eigenvalue weighted by Gasteiger charge is -2.16. The van der Waals surface area contributed by atoms with Crippen LogP contribution < -0.4 is 5.32 Å². The first-order chi connectivity index (χ1) is 11.6. The number of hydrogen-bond donors (Lipinski definition) is 1. The molecule has 0 saturated heterocycles. The van der Waals surface area contributed by atoms with Gasteiger partial charge < -0.3 is 9.84 Å². The summed E-state index contributed by atoms with van der Waals surface area (Å²) in [4.78, 5) is 17.4. The minimum Gasteiger partial charge on any atom is -0.340 e. The van der Waals surface area contributed by atoms with Gasteiger partial charge in [-0.05, 0) is 35.9 Å². The fourth-order valence-corrected chi connectivity index (χ4v) is 2.86. The Hall–Kier alpha value is -2.61. The van der Waals surface area contributed by atoms with E-state index in [0.29, 0.717) is 34.6 Å². The van der Waals surface area contributed by atoms with Crippen LogP contribution in [0.3, 0.4) is 0 Å². The zero-order valence-electron chi connectivity index (χ0n) is 13.3. The predicted molar refractivity (Wildman–Crippen MR) is 89.3 cm³/mol. The molecule has 0 aliphatic carbocycles. The maximum atomic E-state index is 12.3. The smallest absolute Gasteiger partial charge is 0.261 e. The standard InChI is InChI=1S/C16H17N5O2S/c1-10(2)9-12(18-15(22)13-6-4-8-24-13)16-19-14(21-23-16)11-5-3-7-17-20-11/h3-8,10,12H,9H2,1-2H3,(H,18,22)/t12-/m1/s1. The van der Waals surface area contributed by atoms with E-state index in [4.69, 9.17) is 4.52 Å². The third kappa shape index (κ3) is 3.83. The highest BCUT2D eigenvalue weighted by molar-refractivity contribution is 7.12. The lowest BCUT2D eigenvalue weighted by atomic mass is 10.0. The van der Waals surface area contributed by atoms with Gasteiger partial charge in [0.2, 0.25) is 11.7 Å². The summed E-state index contributed by atoms with van der Waals surface area (Å²) in [5.74, 6) is 0.937. The lowest BCUT2D eigenvalue weighted by Crippen LogP contribution is -2.29. The molecule has 3 rings (SSSR count). The number of carbonyl (C=O) groups is 1. The molecule has 1 atom stereocenters. The van der Waals surface area contributed by atoms with Gasteiger partial charge in [-0.3, -0.25) is 4.79 Å². The van der Waals surface area contributed by atoms with Crippen LogP contribution >= 0.6 is 11.3 Å². The van der Waals surface area contributed by atoms with E-state index in [0.717, 1.165) is 0 Å². The average molecular weight is 343 g/mol. The number of hydrogen-bond acceptors (Lipinski definition) is 7. The van der Waals surface area contributed by atoms with E-state index in [1.807, 2.05) is 11.4 Å². The van der Waals surface area contributed by atoms with E-state index in [2.05, 4.69) is 39.5 Å². The molecular weight excluding hydrogens is 326 g/mol. The predicted octanol–water partition coefficient (Wildman–Crippen LogP) is 3.11. The van der Waals surface area contributed by atoms with Crippen LogP contribution in [0.15, 0.2) is 40.4 Å². The Balaban J connectivity index is 1.81. The van der Waals surface area contributed by atoms with Crippen molar-refractivity contribution in [1.82, 2.24) is 25.7 Å². The van der Waals surface area contributed by atoms with Gasteiger partial charge in [-0.1, -0.05) is 25.1 Å². The molecule has 0 bridgehead atoms. The number of carbonyl (C=O) groups excluding carboxylic acids is 1. The molecule has 8 heteroatoms. The van der Waals surface area contributed by atoms with Gasteiger partial charge in [0.25, 0.3) is 5.91 Å². The summed E-state index contributed by atoms with van der Waals surface area (Å²) in [5, 5.41) is 16.6. The van der Waals surface area contributed by atoms with Crippen molar-refractivity contribution >= 4 is 17.2 Å². The number of thiophene rings is 1. The molecule has 1 amide bonds. The molecular formula is C16H17N5O2S. The molecule has 0 unspecified atom stereocenters. The highest BCUT2D eigenvalue weighted by Crippen LogP contribution is 2.23. The normalized spacial score (nSPS) is 12.3. The molecule has 0 spiro atoms. The molecule has 3 aromatic heterocycles. The first kappa shape index (κ1) is 16.3. The first-order valence-electron chi connectivity index (χ1n) is 7.59. The molecule has 0 fully saturated rings. The van der Waals surface area contributed by atoms with Crippen LogP contribution in [-0.2, 0) is 0 Å². The van der Waals surface area contributed by atoms with Crippen LogP contribution in [-0.4, -0.2) is 26.2 Å². The van der Waals surface area contributed by atoms with Gasteiger partial charge in [-0.2, -0.15) is 10.1 Å². The summed E-state index contributed by atoms with van der Waals surface area (Å²) >= 11 is 1.39. The van der Waals surface area contributed by atoms with Crippen molar-refractivity contribution in [2.75, 3.05) is 0 Å². The van der Waals surface area contributed by atoms with Crippen LogP contribution in [0, 0.1) is 5.92 Å². The van der Waals surface area contributed by atoms with Crippen molar-refractivity contribution in [3.05, 3.63) is 46.6 Å². The number of amides is 1. The van der Waals surface area contributed by atoms with E-state index >= 15 is 0 Å². The van der Waals surface area contributed by atoms with E-state index in [1.54, 1.807) is 24.4 Å². The molecule has 7 nitrogen and oxygen atoms in total. The third-order valence-electron chi connectivity index (χ3n) is 3.30. The second-order valence-electron chi connectivity index (χ2n) is 5.70. The monoisotopic (exact) mass is 343 g/mol. The highest BCUT2D eigenvalue weighted by Gasteiger charge is 2.24. The van der Waals surface area contributed by atoms with E-state index < -0.39 is 0 Å². The van der Waals surface area contributed by atoms with Crippen LogP contribution in [0.25, 0.3) is 11.5 Å². The molecule has 124 valence electrons. The fourth-order valence-electron chi connectivity index (χ4n) is 2.23. The van der Waals surface area contributed by atoms with E-state index in [-0.39, 0.29) is 11.9 Å². The molecule has 0 aromatic carbocycles. The molecule has 0 aliphatic heterocycles. The highest BCUT2D eigenvalue weighted by atomic mass is 32.1. The zero-order chi connectivity index (χ0) is 16.9. The van der Waals surface area contributed by atoms with Gasteiger partial charge in [0.15, 0.2) is 0 Å². The van der Waals surface area contributed by atoms with Crippen molar-refractivity contribution in [2.24, 2.45) is 5.92 Å². The topological polar surface area (TPSA) is 93.8 Å². The Kier molecular flexibility index (Phi) is 4.95. The van der Waals surface area contributed by atoms with Crippen molar-refractivity contribution in [1.29, 1.82) is 0 Å². The van der Waals surface area contributed by atoms with Crippen molar-refractivity contribution < 1.29 is 9.32 Å². The van der Waals surface area contributed by atoms with Crippen LogP contribution in [0.5, 0.6) is 0 Å². The number of nitrogens with zero attached hydrogens (tertiary/aromatic N) is 4. The molecule has 0 saturated carbocycles. The zero-order valence-corrected chi connectivity index (χ0v) is 14.2. The van der Waals surface area contributed by atoms with Gasteiger partial charge >= 0.3 is 0 Å². The molecule has 24 heavy (non-hydrogen) atoms. The Morgan fingerprint density at radius 2 is 2.21 bits per heavy atom.